The molecule has 0 aromatic rings. The number of unbranched alkanes of at least 4 members (excludes halogenated alkanes) is 1. The van der Waals surface area contributed by atoms with Gasteiger partial charge < -0.3 is 0 Å². The lowest BCUT2D eigenvalue weighted by atomic mass is 9.62. The van der Waals surface area contributed by atoms with Gasteiger partial charge in [-0.25, -0.2) is 0 Å². The Hall–Kier alpha value is -0.210. The number of halogens is 3. The minimum absolute atomic E-state index is 0.326. The molecule has 2 saturated carbocycles. The number of hydrogen-bond donors (Lipinski definition) is 0. The molecule has 0 nitrogen and oxygen atoms in total. The second-order valence-electron chi connectivity index (χ2n) is 8.29. The van der Waals surface area contributed by atoms with Crippen molar-refractivity contribution in [3.05, 3.63) is 0 Å². The average Bonchev–Trinajstić information content (AvgIpc) is 2.53. The molecule has 0 aromatic heterocycles. The molecule has 136 valence electrons. The Morgan fingerprint density at radius 2 is 1.39 bits per heavy atom. The van der Waals surface area contributed by atoms with Crippen molar-refractivity contribution in [2.75, 3.05) is 0 Å². The van der Waals surface area contributed by atoms with Gasteiger partial charge in [0.05, 0.1) is 5.41 Å². The molecule has 0 amide bonds. The molecule has 0 radical (unpaired) electrons. The maximum Gasteiger partial charge on any atom is 0.394 e. The first kappa shape index (κ1) is 19.1. The van der Waals surface area contributed by atoms with Crippen molar-refractivity contribution in [1.82, 2.24) is 0 Å². The molecule has 0 spiro atoms. The Kier molecular flexibility index (Phi) is 6.86. The van der Waals surface area contributed by atoms with Gasteiger partial charge in [0.2, 0.25) is 0 Å². The van der Waals surface area contributed by atoms with Crippen LogP contribution in [-0.2, 0) is 0 Å². The van der Waals surface area contributed by atoms with E-state index < -0.39 is 11.6 Å². The molecule has 0 N–H and O–H groups in total. The van der Waals surface area contributed by atoms with Crippen molar-refractivity contribution in [3.63, 3.8) is 0 Å². The monoisotopic (exact) mass is 332 g/mol. The van der Waals surface area contributed by atoms with Crippen LogP contribution >= 0.6 is 0 Å². The summed E-state index contributed by atoms with van der Waals surface area (Å²) in [5, 5.41) is 0. The highest BCUT2D eigenvalue weighted by Crippen LogP contribution is 2.55. The van der Waals surface area contributed by atoms with E-state index in [-0.39, 0.29) is 0 Å². The minimum Gasteiger partial charge on any atom is -0.171 e. The fourth-order valence-corrected chi connectivity index (χ4v) is 5.26. The average molecular weight is 332 g/mol. The van der Waals surface area contributed by atoms with Gasteiger partial charge in [0.15, 0.2) is 0 Å². The van der Waals surface area contributed by atoms with Crippen molar-refractivity contribution < 1.29 is 13.2 Å². The summed E-state index contributed by atoms with van der Waals surface area (Å²) in [6.07, 6.45) is 8.50. The molecular weight excluding hydrogens is 297 g/mol. The normalized spacial score (nSPS) is 36.1. The fourth-order valence-electron chi connectivity index (χ4n) is 5.26. The minimum atomic E-state index is -4.01. The van der Waals surface area contributed by atoms with E-state index in [1.54, 1.807) is 0 Å². The highest BCUT2D eigenvalue weighted by atomic mass is 19.4. The van der Waals surface area contributed by atoms with Gasteiger partial charge in [-0.15, -0.1) is 0 Å². The van der Waals surface area contributed by atoms with Crippen LogP contribution in [0.3, 0.4) is 0 Å². The summed E-state index contributed by atoms with van der Waals surface area (Å²) < 4.78 is 40.6. The molecule has 0 unspecified atom stereocenters. The Labute approximate surface area is 140 Å². The van der Waals surface area contributed by atoms with Crippen molar-refractivity contribution in [2.45, 2.75) is 103 Å². The maximum absolute atomic E-state index is 13.5. The third-order valence-electron chi connectivity index (χ3n) is 6.84. The van der Waals surface area contributed by atoms with Crippen molar-refractivity contribution in [1.29, 1.82) is 0 Å². The van der Waals surface area contributed by atoms with E-state index in [0.717, 1.165) is 18.8 Å². The van der Waals surface area contributed by atoms with Gasteiger partial charge in [-0.3, -0.25) is 0 Å². The van der Waals surface area contributed by atoms with Crippen LogP contribution in [0.25, 0.3) is 0 Å². The van der Waals surface area contributed by atoms with Crippen molar-refractivity contribution in [3.8, 4) is 0 Å². The Bertz CT molecular complexity index is 331. The molecule has 2 aliphatic rings. The van der Waals surface area contributed by atoms with Crippen LogP contribution < -0.4 is 0 Å². The standard InChI is InChI=1S/C20H35F3/c1-3-5-6-16-7-9-17(10-8-16)18-11-14-19(13-4-2,15-12-18)20(21,22)23/h16-18H,3-15H2,1-2H3. The first-order chi connectivity index (χ1) is 10.9. The third kappa shape index (κ3) is 4.66. The summed E-state index contributed by atoms with van der Waals surface area (Å²) in [4.78, 5) is 0. The molecule has 23 heavy (non-hydrogen) atoms. The highest BCUT2D eigenvalue weighted by Gasteiger charge is 2.55. The van der Waals surface area contributed by atoms with E-state index in [9.17, 15) is 13.2 Å². The lowest BCUT2D eigenvalue weighted by Gasteiger charge is -2.44. The van der Waals surface area contributed by atoms with Gasteiger partial charge in [-0.1, -0.05) is 52.4 Å². The first-order valence-corrected chi connectivity index (χ1v) is 9.98. The third-order valence-corrected chi connectivity index (χ3v) is 6.84. The van der Waals surface area contributed by atoms with Gasteiger partial charge in [0.1, 0.15) is 0 Å². The molecular formula is C20H35F3. The fraction of sp³-hybridized carbons (Fsp3) is 1.00. The van der Waals surface area contributed by atoms with E-state index in [1.807, 2.05) is 6.92 Å². The molecule has 0 atom stereocenters. The van der Waals surface area contributed by atoms with Gasteiger partial charge in [-0.2, -0.15) is 13.2 Å². The smallest absolute Gasteiger partial charge is 0.171 e. The number of alkyl halides is 3. The lowest BCUT2D eigenvalue weighted by molar-refractivity contribution is -0.241. The SMILES string of the molecule is CCCCC1CCC(C2CCC(CCC)(C(F)(F)F)CC2)CC1. The van der Waals surface area contributed by atoms with E-state index in [0.29, 0.717) is 37.5 Å². The quantitative estimate of drug-likeness (QED) is 0.472. The summed E-state index contributed by atoms with van der Waals surface area (Å²) >= 11 is 0. The molecule has 2 aliphatic carbocycles. The summed E-state index contributed by atoms with van der Waals surface area (Å²) in [7, 11) is 0. The molecule has 0 aliphatic heterocycles. The zero-order chi connectivity index (χ0) is 16.9. The van der Waals surface area contributed by atoms with Gasteiger partial charge in [0, 0.05) is 0 Å². The molecule has 3 heteroatoms. The largest absolute Gasteiger partial charge is 0.394 e. The lowest BCUT2D eigenvalue weighted by Crippen LogP contribution is -2.42. The summed E-state index contributed by atoms with van der Waals surface area (Å²) in [5.41, 5.74) is -1.36. The predicted octanol–water partition coefficient (Wildman–Crippen LogP) is 7.52. The zero-order valence-corrected chi connectivity index (χ0v) is 15.1. The van der Waals surface area contributed by atoms with Crippen LogP contribution in [0.15, 0.2) is 0 Å². The second kappa shape index (κ2) is 8.25. The summed E-state index contributed by atoms with van der Waals surface area (Å²) in [6.45, 7) is 4.13. The van der Waals surface area contributed by atoms with E-state index in [4.69, 9.17) is 0 Å². The van der Waals surface area contributed by atoms with Gasteiger partial charge in [-0.05, 0) is 62.7 Å². The molecule has 0 heterocycles. The van der Waals surface area contributed by atoms with Gasteiger partial charge in [0.25, 0.3) is 0 Å². The molecule has 2 fully saturated rings. The number of rotatable bonds is 6. The van der Waals surface area contributed by atoms with Crippen molar-refractivity contribution >= 4 is 0 Å². The Balaban J connectivity index is 1.83. The van der Waals surface area contributed by atoms with Crippen LogP contribution in [0.5, 0.6) is 0 Å². The molecule has 2 rings (SSSR count). The maximum atomic E-state index is 13.5. The van der Waals surface area contributed by atoms with Crippen LogP contribution in [0, 0.1) is 23.2 Å². The first-order valence-electron chi connectivity index (χ1n) is 9.98. The topological polar surface area (TPSA) is 0 Å². The van der Waals surface area contributed by atoms with Crippen LogP contribution in [0.1, 0.15) is 97.3 Å². The van der Waals surface area contributed by atoms with E-state index in [2.05, 4.69) is 6.92 Å². The zero-order valence-electron chi connectivity index (χ0n) is 15.1. The number of hydrogen-bond acceptors (Lipinski definition) is 0. The Morgan fingerprint density at radius 3 is 1.87 bits per heavy atom. The molecule has 0 aromatic carbocycles. The summed E-state index contributed by atoms with van der Waals surface area (Å²) in [6, 6.07) is 0. The molecule has 0 bridgehead atoms. The predicted molar refractivity (Wildman–Crippen MR) is 90.3 cm³/mol. The molecule has 0 saturated heterocycles. The highest BCUT2D eigenvalue weighted by molar-refractivity contribution is 4.93. The van der Waals surface area contributed by atoms with Gasteiger partial charge >= 0.3 is 6.18 Å². The second-order valence-corrected chi connectivity index (χ2v) is 8.29. The van der Waals surface area contributed by atoms with Crippen LogP contribution in [-0.4, -0.2) is 6.18 Å². The van der Waals surface area contributed by atoms with Crippen molar-refractivity contribution in [2.24, 2.45) is 23.2 Å². The van der Waals surface area contributed by atoms with E-state index >= 15 is 0 Å². The van der Waals surface area contributed by atoms with E-state index in [1.165, 1.54) is 44.9 Å². The summed E-state index contributed by atoms with van der Waals surface area (Å²) in [5.74, 6) is 2.17. The van der Waals surface area contributed by atoms with Crippen LogP contribution in [0.2, 0.25) is 0 Å². The van der Waals surface area contributed by atoms with Crippen LogP contribution in [0.4, 0.5) is 13.2 Å². The Morgan fingerprint density at radius 1 is 0.826 bits per heavy atom.